The second-order valence-electron chi connectivity index (χ2n) is 9.28. The first kappa shape index (κ1) is 25.1. The minimum absolute atomic E-state index is 0.519. The number of ether oxygens (including phenoxy) is 2. The molecule has 0 heterocycles. The topological polar surface area (TPSA) is 18.5 Å². The van der Waals surface area contributed by atoms with Crippen molar-refractivity contribution in [2.24, 2.45) is 0 Å². The van der Waals surface area contributed by atoms with E-state index in [1.54, 1.807) is 0 Å². The summed E-state index contributed by atoms with van der Waals surface area (Å²) in [6.07, 6.45) is 0. The van der Waals surface area contributed by atoms with Gasteiger partial charge < -0.3 is 9.47 Å². The van der Waals surface area contributed by atoms with E-state index < -0.39 is 0 Å². The van der Waals surface area contributed by atoms with Crippen LogP contribution in [0.15, 0.2) is 84.9 Å². The van der Waals surface area contributed by atoms with Gasteiger partial charge in [-0.15, -0.1) is 0 Å². The van der Waals surface area contributed by atoms with Crippen molar-refractivity contribution in [1.82, 2.24) is 0 Å². The molecule has 0 amide bonds. The van der Waals surface area contributed by atoms with Gasteiger partial charge >= 0.3 is 0 Å². The van der Waals surface area contributed by atoms with Gasteiger partial charge in [-0.05, 0) is 99.2 Å². The van der Waals surface area contributed by atoms with Crippen molar-refractivity contribution in [2.75, 3.05) is 0 Å². The molecule has 0 saturated carbocycles. The molecule has 4 aromatic rings. The smallest absolute Gasteiger partial charge is 0.130 e. The minimum atomic E-state index is 0.519. The zero-order chi connectivity index (χ0) is 24.7. The first-order valence-electron chi connectivity index (χ1n) is 11.9. The van der Waals surface area contributed by atoms with Crippen molar-refractivity contribution in [3.8, 4) is 23.0 Å². The lowest BCUT2D eigenvalue weighted by molar-refractivity contribution is 0.477. The van der Waals surface area contributed by atoms with Crippen LogP contribution in [0.1, 0.15) is 53.1 Å². The van der Waals surface area contributed by atoms with Crippen LogP contribution in [0.5, 0.6) is 23.0 Å². The van der Waals surface area contributed by atoms with E-state index in [9.17, 15) is 0 Å². The SMILES string of the molecule is Cc1ccc(Oc2cc(C(C)C)ccc2C)cc1.Cc1ccc(Oc2cc(C)ccc2C)cc1. The van der Waals surface area contributed by atoms with E-state index in [0.717, 1.165) is 28.6 Å². The lowest BCUT2D eigenvalue weighted by atomic mass is 10.0. The molecular weight excluding hydrogens is 416 g/mol. The molecule has 34 heavy (non-hydrogen) atoms. The maximum absolute atomic E-state index is 5.95. The lowest BCUT2D eigenvalue weighted by Gasteiger charge is -2.12. The fraction of sp³-hybridized carbons (Fsp3) is 0.250. The summed E-state index contributed by atoms with van der Waals surface area (Å²) < 4.78 is 11.8. The second-order valence-corrected chi connectivity index (χ2v) is 9.28. The molecule has 0 spiro atoms. The molecule has 4 rings (SSSR count). The van der Waals surface area contributed by atoms with Crippen molar-refractivity contribution in [1.29, 1.82) is 0 Å². The first-order valence-corrected chi connectivity index (χ1v) is 11.9. The third-order valence-corrected chi connectivity index (χ3v) is 5.72. The molecular formula is C32H36O2. The molecule has 0 unspecified atom stereocenters. The molecule has 0 aromatic heterocycles. The molecule has 0 saturated heterocycles. The fourth-order valence-electron chi connectivity index (χ4n) is 3.37. The molecule has 0 fully saturated rings. The van der Waals surface area contributed by atoms with E-state index in [0.29, 0.717) is 5.92 Å². The van der Waals surface area contributed by atoms with Gasteiger partial charge in [0.25, 0.3) is 0 Å². The van der Waals surface area contributed by atoms with Crippen molar-refractivity contribution in [2.45, 2.75) is 54.4 Å². The van der Waals surface area contributed by atoms with E-state index in [4.69, 9.17) is 9.47 Å². The third-order valence-electron chi connectivity index (χ3n) is 5.72. The van der Waals surface area contributed by atoms with E-state index in [2.05, 4.69) is 109 Å². The van der Waals surface area contributed by atoms with Crippen molar-refractivity contribution < 1.29 is 9.47 Å². The molecule has 4 aromatic carbocycles. The molecule has 2 nitrogen and oxygen atoms in total. The van der Waals surface area contributed by atoms with E-state index in [-0.39, 0.29) is 0 Å². The number of hydrogen-bond donors (Lipinski definition) is 0. The standard InChI is InChI=1S/C17H20O.C15H16O/c1-12(2)15-8-7-14(4)17(11-15)18-16-9-5-13(3)6-10-16;1-11-5-8-14(9-6-11)16-15-10-12(2)4-7-13(15)3/h5-12H,1-4H3;4-10H,1-3H3. The summed E-state index contributed by atoms with van der Waals surface area (Å²) in [4.78, 5) is 0. The van der Waals surface area contributed by atoms with Gasteiger partial charge in [-0.1, -0.05) is 73.5 Å². The summed E-state index contributed by atoms with van der Waals surface area (Å²) in [5.74, 6) is 4.18. The molecule has 0 aliphatic carbocycles. The van der Waals surface area contributed by atoms with Crippen LogP contribution >= 0.6 is 0 Å². The highest BCUT2D eigenvalue weighted by atomic mass is 16.5. The molecule has 0 aliphatic rings. The average Bonchev–Trinajstić information content (AvgIpc) is 2.81. The Balaban J connectivity index is 0.000000192. The van der Waals surface area contributed by atoms with Crippen molar-refractivity contribution in [3.05, 3.63) is 118 Å². The van der Waals surface area contributed by atoms with Crippen LogP contribution in [0.3, 0.4) is 0 Å². The molecule has 0 atom stereocenters. The highest BCUT2D eigenvalue weighted by Crippen LogP contribution is 2.29. The monoisotopic (exact) mass is 452 g/mol. The number of benzene rings is 4. The van der Waals surface area contributed by atoms with Crippen LogP contribution < -0.4 is 9.47 Å². The van der Waals surface area contributed by atoms with Crippen molar-refractivity contribution >= 4 is 0 Å². The Hall–Kier alpha value is -3.52. The van der Waals surface area contributed by atoms with Crippen LogP contribution in [-0.2, 0) is 0 Å². The number of aryl methyl sites for hydroxylation is 5. The Morgan fingerprint density at radius 2 is 0.882 bits per heavy atom. The van der Waals surface area contributed by atoms with Gasteiger partial charge in [0.2, 0.25) is 0 Å². The minimum Gasteiger partial charge on any atom is -0.457 e. The molecule has 176 valence electrons. The highest BCUT2D eigenvalue weighted by molar-refractivity contribution is 5.42. The maximum atomic E-state index is 5.95. The van der Waals surface area contributed by atoms with E-state index in [1.165, 1.54) is 27.8 Å². The Labute approximate surface area is 205 Å². The predicted molar refractivity (Wildman–Crippen MR) is 144 cm³/mol. The van der Waals surface area contributed by atoms with Gasteiger partial charge in [-0.2, -0.15) is 0 Å². The normalized spacial score (nSPS) is 10.5. The van der Waals surface area contributed by atoms with Gasteiger partial charge in [0.05, 0.1) is 0 Å². The molecule has 0 aliphatic heterocycles. The van der Waals surface area contributed by atoms with Crippen LogP contribution in [0.4, 0.5) is 0 Å². The summed E-state index contributed by atoms with van der Waals surface area (Å²) in [5.41, 5.74) is 7.34. The van der Waals surface area contributed by atoms with Gasteiger partial charge in [0, 0.05) is 0 Å². The molecule has 0 radical (unpaired) electrons. The Morgan fingerprint density at radius 1 is 0.471 bits per heavy atom. The summed E-state index contributed by atoms with van der Waals surface area (Å²) in [6.45, 7) is 14.7. The quantitative estimate of drug-likeness (QED) is 0.300. The van der Waals surface area contributed by atoms with Crippen LogP contribution in [0.25, 0.3) is 0 Å². The molecule has 0 bridgehead atoms. The van der Waals surface area contributed by atoms with Gasteiger partial charge in [-0.3, -0.25) is 0 Å². The lowest BCUT2D eigenvalue weighted by Crippen LogP contribution is -1.92. The maximum Gasteiger partial charge on any atom is 0.130 e. The molecule has 2 heteroatoms. The average molecular weight is 453 g/mol. The first-order chi connectivity index (χ1) is 16.2. The summed E-state index contributed by atoms with van der Waals surface area (Å²) >= 11 is 0. The number of rotatable bonds is 5. The molecule has 0 N–H and O–H groups in total. The summed E-state index contributed by atoms with van der Waals surface area (Å²) in [5, 5.41) is 0. The Morgan fingerprint density at radius 3 is 1.35 bits per heavy atom. The van der Waals surface area contributed by atoms with Crippen LogP contribution in [0.2, 0.25) is 0 Å². The summed E-state index contributed by atoms with van der Waals surface area (Å²) in [6, 6.07) is 28.9. The van der Waals surface area contributed by atoms with Crippen molar-refractivity contribution in [3.63, 3.8) is 0 Å². The highest BCUT2D eigenvalue weighted by Gasteiger charge is 2.06. The Kier molecular flexibility index (Phi) is 8.54. The largest absolute Gasteiger partial charge is 0.457 e. The summed E-state index contributed by atoms with van der Waals surface area (Å²) in [7, 11) is 0. The third kappa shape index (κ3) is 7.25. The zero-order valence-corrected chi connectivity index (χ0v) is 21.5. The van der Waals surface area contributed by atoms with Gasteiger partial charge in [-0.25, -0.2) is 0 Å². The van der Waals surface area contributed by atoms with E-state index in [1.807, 2.05) is 24.3 Å². The second kappa shape index (κ2) is 11.6. The van der Waals surface area contributed by atoms with Gasteiger partial charge in [0.15, 0.2) is 0 Å². The fourth-order valence-corrected chi connectivity index (χ4v) is 3.37. The van der Waals surface area contributed by atoms with Crippen LogP contribution in [0, 0.1) is 34.6 Å². The number of hydrogen-bond acceptors (Lipinski definition) is 2. The Bertz CT molecular complexity index is 1200. The van der Waals surface area contributed by atoms with Crippen LogP contribution in [-0.4, -0.2) is 0 Å². The van der Waals surface area contributed by atoms with E-state index >= 15 is 0 Å². The van der Waals surface area contributed by atoms with Gasteiger partial charge in [0.1, 0.15) is 23.0 Å². The zero-order valence-electron chi connectivity index (χ0n) is 21.5. The predicted octanol–water partition coefficient (Wildman–Crippen LogP) is 9.62.